The minimum atomic E-state index is 0.846. The molecule has 1 heteroatoms. The van der Waals surface area contributed by atoms with Crippen LogP contribution in [-0.2, 0) is 0 Å². The van der Waals surface area contributed by atoms with Crippen LogP contribution in [0.2, 0.25) is 0 Å². The second-order valence-electron chi connectivity index (χ2n) is 2.32. The van der Waals surface area contributed by atoms with Crippen LogP contribution in [0, 0.1) is 0 Å². The zero-order chi connectivity index (χ0) is 7.98. The molecule has 0 unspecified atom stereocenters. The molecule has 0 spiro atoms. The number of rotatable bonds is 2. The van der Waals surface area contributed by atoms with Gasteiger partial charge in [0.1, 0.15) is 0 Å². The first-order valence-corrected chi connectivity index (χ1v) is 3.40. The summed E-state index contributed by atoms with van der Waals surface area (Å²) >= 11 is 0. The van der Waals surface area contributed by atoms with Gasteiger partial charge in [-0.05, 0) is 32.4 Å². The highest BCUT2D eigenvalue weighted by molar-refractivity contribution is 5.23. The summed E-state index contributed by atoms with van der Waals surface area (Å²) in [7, 11) is 0. The predicted molar refractivity (Wildman–Crippen MR) is 46.5 cm³/mol. The Bertz CT molecular complexity index is 169. The molecule has 0 saturated heterocycles. The maximum atomic E-state index is 5.46. The highest BCUT2D eigenvalue weighted by Crippen LogP contribution is 1.96. The second kappa shape index (κ2) is 4.86. The molecular formula is C9H15N. The average Bonchev–Trinajstić information content (AvgIpc) is 1.82. The molecule has 0 bridgehead atoms. The molecule has 0 aliphatic carbocycles. The van der Waals surface area contributed by atoms with Crippen molar-refractivity contribution < 1.29 is 0 Å². The normalized spacial score (nSPS) is 14.7. The third-order valence-corrected chi connectivity index (χ3v) is 1.01. The Kier molecular flexibility index (Phi) is 4.38. The molecule has 0 amide bonds. The van der Waals surface area contributed by atoms with Crippen molar-refractivity contribution in [2.75, 3.05) is 0 Å². The van der Waals surface area contributed by atoms with E-state index in [1.165, 1.54) is 5.57 Å². The van der Waals surface area contributed by atoms with Crippen molar-refractivity contribution in [3.05, 3.63) is 35.6 Å². The number of hydrogen-bond donors (Lipinski definition) is 1. The van der Waals surface area contributed by atoms with Gasteiger partial charge in [-0.25, -0.2) is 0 Å². The Hall–Kier alpha value is -0.980. The van der Waals surface area contributed by atoms with Crippen LogP contribution in [0.4, 0.5) is 0 Å². The molecule has 0 aromatic carbocycles. The van der Waals surface area contributed by atoms with E-state index in [0.29, 0.717) is 0 Å². The van der Waals surface area contributed by atoms with Crippen molar-refractivity contribution in [2.24, 2.45) is 5.73 Å². The maximum Gasteiger partial charge on any atom is 0.00515 e. The van der Waals surface area contributed by atoms with E-state index in [4.69, 9.17) is 5.73 Å². The molecule has 0 aliphatic heterocycles. The average molecular weight is 137 g/mol. The van der Waals surface area contributed by atoms with Crippen molar-refractivity contribution >= 4 is 0 Å². The highest BCUT2D eigenvalue weighted by atomic mass is 14.5. The zero-order valence-electron chi connectivity index (χ0n) is 6.89. The summed E-state index contributed by atoms with van der Waals surface area (Å²) < 4.78 is 0. The Morgan fingerprint density at radius 2 is 1.90 bits per heavy atom. The summed E-state index contributed by atoms with van der Waals surface area (Å²) in [5.74, 6) is 0. The Balaban J connectivity index is 4.08. The van der Waals surface area contributed by atoms with Gasteiger partial charge in [-0.2, -0.15) is 0 Å². The Morgan fingerprint density at radius 3 is 2.30 bits per heavy atom. The summed E-state index contributed by atoms with van der Waals surface area (Å²) in [5.41, 5.74) is 7.49. The molecule has 0 heterocycles. The fourth-order valence-electron chi connectivity index (χ4n) is 0.655. The van der Waals surface area contributed by atoms with E-state index >= 15 is 0 Å². The van der Waals surface area contributed by atoms with Crippen molar-refractivity contribution in [1.29, 1.82) is 0 Å². The topological polar surface area (TPSA) is 26.0 Å². The first-order chi connectivity index (χ1) is 4.66. The number of allylic oxidation sites excluding steroid dienone is 6. The fourth-order valence-corrected chi connectivity index (χ4v) is 0.655. The number of nitrogens with two attached hydrogens (primary N) is 1. The minimum absolute atomic E-state index is 0.846. The number of hydrogen-bond acceptors (Lipinski definition) is 1. The molecule has 1 nitrogen and oxygen atoms in total. The van der Waals surface area contributed by atoms with Crippen LogP contribution in [0.1, 0.15) is 20.8 Å². The highest BCUT2D eigenvalue weighted by Gasteiger charge is 1.79. The largest absolute Gasteiger partial charge is 0.402 e. The second-order valence-corrected chi connectivity index (χ2v) is 2.32. The van der Waals surface area contributed by atoms with Gasteiger partial charge in [0.25, 0.3) is 0 Å². The van der Waals surface area contributed by atoms with Crippen LogP contribution >= 0.6 is 0 Å². The van der Waals surface area contributed by atoms with Crippen LogP contribution in [0.5, 0.6) is 0 Å². The monoisotopic (exact) mass is 137 g/mol. The summed E-state index contributed by atoms with van der Waals surface area (Å²) in [5, 5.41) is 0. The van der Waals surface area contributed by atoms with E-state index in [-0.39, 0.29) is 0 Å². The van der Waals surface area contributed by atoms with Crippen molar-refractivity contribution in [1.82, 2.24) is 0 Å². The maximum absolute atomic E-state index is 5.46. The van der Waals surface area contributed by atoms with Crippen molar-refractivity contribution in [3.63, 3.8) is 0 Å². The lowest BCUT2D eigenvalue weighted by Gasteiger charge is -1.90. The summed E-state index contributed by atoms with van der Waals surface area (Å²) in [6.07, 6.45) is 7.95. The lowest BCUT2D eigenvalue weighted by atomic mass is 10.2. The van der Waals surface area contributed by atoms with E-state index in [0.717, 1.165) is 5.70 Å². The molecular weight excluding hydrogens is 122 g/mol. The van der Waals surface area contributed by atoms with Crippen LogP contribution in [0.25, 0.3) is 0 Å². The molecule has 0 aromatic heterocycles. The van der Waals surface area contributed by atoms with Crippen molar-refractivity contribution in [3.8, 4) is 0 Å². The van der Waals surface area contributed by atoms with Crippen molar-refractivity contribution in [2.45, 2.75) is 20.8 Å². The molecule has 0 aromatic rings. The van der Waals surface area contributed by atoms with Crippen LogP contribution in [0.15, 0.2) is 35.6 Å². The molecule has 0 atom stereocenters. The Morgan fingerprint density at radius 1 is 1.30 bits per heavy atom. The van der Waals surface area contributed by atoms with E-state index in [1.54, 1.807) is 0 Å². The van der Waals surface area contributed by atoms with Gasteiger partial charge in [-0.15, -0.1) is 0 Å². The van der Waals surface area contributed by atoms with Crippen LogP contribution in [0.3, 0.4) is 0 Å². The molecule has 0 rings (SSSR count). The predicted octanol–water partition coefficient (Wildman–Crippen LogP) is 2.37. The standard InChI is InChI=1S/C9H15N/c1-4-5-6-8(2)7-9(3)10/h4-7H,10H2,1-3H3/b5-4+,8-6-,9-7+. The van der Waals surface area contributed by atoms with E-state index in [2.05, 4.69) is 0 Å². The van der Waals surface area contributed by atoms with Gasteiger partial charge in [0, 0.05) is 5.70 Å². The quantitative estimate of drug-likeness (QED) is 0.581. The lowest BCUT2D eigenvalue weighted by molar-refractivity contribution is 1.29. The molecule has 0 radical (unpaired) electrons. The summed E-state index contributed by atoms with van der Waals surface area (Å²) in [4.78, 5) is 0. The van der Waals surface area contributed by atoms with Gasteiger partial charge < -0.3 is 5.73 Å². The van der Waals surface area contributed by atoms with Gasteiger partial charge >= 0.3 is 0 Å². The van der Waals surface area contributed by atoms with Crippen LogP contribution in [-0.4, -0.2) is 0 Å². The van der Waals surface area contributed by atoms with Gasteiger partial charge in [0.15, 0.2) is 0 Å². The van der Waals surface area contributed by atoms with Gasteiger partial charge in [-0.1, -0.05) is 18.2 Å². The van der Waals surface area contributed by atoms with E-state index in [9.17, 15) is 0 Å². The first kappa shape index (κ1) is 9.02. The minimum Gasteiger partial charge on any atom is -0.402 e. The third kappa shape index (κ3) is 5.16. The molecule has 0 saturated carbocycles. The smallest absolute Gasteiger partial charge is 0.00515 e. The fraction of sp³-hybridized carbons (Fsp3) is 0.333. The SMILES string of the molecule is C/C=C/C=C(C)\C=C(/C)N. The first-order valence-electron chi connectivity index (χ1n) is 3.40. The molecule has 56 valence electrons. The Labute approximate surface area is 62.9 Å². The van der Waals surface area contributed by atoms with Gasteiger partial charge in [0.05, 0.1) is 0 Å². The van der Waals surface area contributed by atoms with E-state index in [1.807, 2.05) is 45.1 Å². The molecule has 10 heavy (non-hydrogen) atoms. The molecule has 0 aliphatic rings. The molecule has 0 fully saturated rings. The zero-order valence-corrected chi connectivity index (χ0v) is 6.89. The third-order valence-electron chi connectivity index (χ3n) is 1.01. The summed E-state index contributed by atoms with van der Waals surface area (Å²) in [6, 6.07) is 0. The van der Waals surface area contributed by atoms with Gasteiger partial charge in [0.2, 0.25) is 0 Å². The van der Waals surface area contributed by atoms with Crippen LogP contribution < -0.4 is 5.73 Å². The summed E-state index contributed by atoms with van der Waals surface area (Å²) in [6.45, 7) is 5.89. The van der Waals surface area contributed by atoms with Gasteiger partial charge in [-0.3, -0.25) is 0 Å². The van der Waals surface area contributed by atoms with E-state index < -0.39 is 0 Å². The molecule has 2 N–H and O–H groups in total. The lowest BCUT2D eigenvalue weighted by Crippen LogP contribution is -1.89.